The van der Waals surface area contributed by atoms with Gasteiger partial charge < -0.3 is 5.32 Å². The highest BCUT2D eigenvalue weighted by Gasteiger charge is 2.23. The molecule has 0 saturated carbocycles. The minimum absolute atomic E-state index is 0.301. The van der Waals surface area contributed by atoms with Gasteiger partial charge in [-0.15, -0.1) is 0 Å². The first-order valence-electron chi connectivity index (χ1n) is 6.14. The highest BCUT2D eigenvalue weighted by molar-refractivity contribution is 7.85. The Labute approximate surface area is 110 Å². The van der Waals surface area contributed by atoms with Crippen LogP contribution in [0.25, 0.3) is 0 Å². The summed E-state index contributed by atoms with van der Waals surface area (Å²) >= 11 is 6.19. The van der Waals surface area contributed by atoms with E-state index in [-0.39, 0.29) is 0 Å². The minimum Gasteiger partial charge on any atom is -0.310 e. The highest BCUT2D eigenvalue weighted by Crippen LogP contribution is 2.33. The van der Waals surface area contributed by atoms with Gasteiger partial charge in [0.1, 0.15) is 0 Å². The molecule has 2 unspecified atom stereocenters. The molecule has 4 heteroatoms. The topological polar surface area (TPSA) is 29.1 Å². The summed E-state index contributed by atoms with van der Waals surface area (Å²) in [5, 5.41) is 4.17. The van der Waals surface area contributed by atoms with Crippen LogP contribution in [-0.4, -0.2) is 16.5 Å². The summed E-state index contributed by atoms with van der Waals surface area (Å²) in [6, 6.07) is 6.14. The van der Waals surface area contributed by atoms with Gasteiger partial charge >= 0.3 is 0 Å². The molecule has 94 valence electrons. The Morgan fingerprint density at radius 3 is 3.12 bits per heavy atom. The zero-order valence-corrected chi connectivity index (χ0v) is 11.6. The summed E-state index contributed by atoms with van der Waals surface area (Å²) in [7, 11) is -0.942. The third kappa shape index (κ3) is 2.90. The van der Waals surface area contributed by atoms with E-state index in [0.717, 1.165) is 42.0 Å². The van der Waals surface area contributed by atoms with Gasteiger partial charge in [0.25, 0.3) is 0 Å². The van der Waals surface area contributed by atoms with Crippen LogP contribution in [0.5, 0.6) is 0 Å². The number of rotatable bonds is 3. The van der Waals surface area contributed by atoms with E-state index in [1.165, 1.54) is 0 Å². The van der Waals surface area contributed by atoms with Crippen molar-refractivity contribution in [2.45, 2.75) is 37.1 Å². The quantitative estimate of drug-likeness (QED) is 0.914. The summed E-state index contributed by atoms with van der Waals surface area (Å²) in [5.74, 6) is 0.723. The summed E-state index contributed by atoms with van der Waals surface area (Å²) in [6.45, 7) is 3.14. The molecule has 0 fully saturated rings. The van der Waals surface area contributed by atoms with Crippen molar-refractivity contribution >= 4 is 22.4 Å². The number of hydrogen-bond acceptors (Lipinski definition) is 2. The van der Waals surface area contributed by atoms with Gasteiger partial charge in [-0.25, -0.2) is 0 Å². The molecule has 1 aromatic carbocycles. The summed E-state index contributed by atoms with van der Waals surface area (Å²) in [6.07, 6.45) is 3.13. The van der Waals surface area contributed by atoms with E-state index < -0.39 is 10.8 Å². The lowest BCUT2D eigenvalue weighted by Gasteiger charge is -2.18. The Bertz CT molecular complexity index is 422. The van der Waals surface area contributed by atoms with Crippen LogP contribution in [0.2, 0.25) is 5.02 Å². The first-order valence-corrected chi connectivity index (χ1v) is 7.84. The predicted molar refractivity (Wildman–Crippen MR) is 73.0 cm³/mol. The van der Waals surface area contributed by atoms with Gasteiger partial charge in [-0.05, 0) is 37.4 Å². The molecule has 17 heavy (non-hydrogen) atoms. The van der Waals surface area contributed by atoms with E-state index in [0.29, 0.717) is 11.1 Å². The Morgan fingerprint density at radius 1 is 1.53 bits per heavy atom. The van der Waals surface area contributed by atoms with E-state index in [4.69, 9.17) is 11.6 Å². The molecule has 0 spiro atoms. The number of fused-ring (bicyclic) bond motifs is 1. The van der Waals surface area contributed by atoms with Gasteiger partial charge in [0, 0.05) is 11.8 Å². The van der Waals surface area contributed by atoms with Crippen molar-refractivity contribution in [1.82, 2.24) is 5.32 Å². The normalized spacial score (nSPS) is 24.1. The van der Waals surface area contributed by atoms with E-state index in [9.17, 15) is 4.21 Å². The smallest absolute Gasteiger partial charge is 0.0622 e. The molecule has 1 aromatic rings. The van der Waals surface area contributed by atoms with Gasteiger partial charge in [0.2, 0.25) is 0 Å². The zero-order chi connectivity index (χ0) is 12.3. The van der Waals surface area contributed by atoms with Crippen molar-refractivity contribution < 1.29 is 4.21 Å². The Hall–Kier alpha value is -0.380. The second-order valence-corrected chi connectivity index (χ2v) is 6.27. The molecule has 2 atom stereocenters. The Balaban J connectivity index is 2.37. The van der Waals surface area contributed by atoms with Gasteiger partial charge in [-0.1, -0.05) is 30.7 Å². The molecule has 0 aliphatic carbocycles. The van der Waals surface area contributed by atoms with Crippen LogP contribution in [-0.2, 0) is 10.8 Å². The summed E-state index contributed by atoms with van der Waals surface area (Å²) in [4.78, 5) is 0.847. The number of nitrogens with one attached hydrogen (secondary N) is 1. The molecular formula is C13H18ClNOS. The molecular weight excluding hydrogens is 254 g/mol. The lowest BCUT2D eigenvalue weighted by molar-refractivity contribution is 0.493. The van der Waals surface area contributed by atoms with Crippen molar-refractivity contribution in [3.05, 3.63) is 28.8 Å². The van der Waals surface area contributed by atoms with Crippen LogP contribution >= 0.6 is 11.6 Å². The first-order chi connectivity index (χ1) is 8.24. The van der Waals surface area contributed by atoms with Crippen molar-refractivity contribution in [3.63, 3.8) is 0 Å². The summed E-state index contributed by atoms with van der Waals surface area (Å²) in [5.41, 5.74) is 1.13. The SMILES string of the molecule is CCCNC1CCCS(=O)c2c(Cl)cccc21. The third-order valence-corrected chi connectivity index (χ3v) is 5.06. The third-order valence-electron chi connectivity index (χ3n) is 3.06. The standard InChI is InChI=1S/C13H18ClNOS/c1-2-8-15-12-7-4-9-17(16)13-10(12)5-3-6-11(13)14/h3,5-6,12,15H,2,4,7-9H2,1H3. The van der Waals surface area contributed by atoms with Crippen molar-refractivity contribution in [2.75, 3.05) is 12.3 Å². The number of hydrogen-bond donors (Lipinski definition) is 1. The second kappa shape index (κ2) is 5.98. The molecule has 1 N–H and O–H groups in total. The monoisotopic (exact) mass is 271 g/mol. The fourth-order valence-electron chi connectivity index (χ4n) is 2.25. The van der Waals surface area contributed by atoms with Crippen LogP contribution < -0.4 is 5.32 Å². The fraction of sp³-hybridized carbons (Fsp3) is 0.538. The molecule has 0 radical (unpaired) electrons. The van der Waals surface area contributed by atoms with Crippen LogP contribution in [0.1, 0.15) is 37.8 Å². The second-order valence-electron chi connectivity index (χ2n) is 4.36. The van der Waals surface area contributed by atoms with Gasteiger partial charge in [-0.2, -0.15) is 0 Å². The largest absolute Gasteiger partial charge is 0.310 e. The number of halogens is 1. The van der Waals surface area contributed by atoms with Gasteiger partial charge in [0.15, 0.2) is 0 Å². The zero-order valence-electron chi connectivity index (χ0n) is 10.0. The van der Waals surface area contributed by atoms with Gasteiger partial charge in [-0.3, -0.25) is 4.21 Å². The Morgan fingerprint density at radius 2 is 2.35 bits per heavy atom. The van der Waals surface area contributed by atoms with Crippen molar-refractivity contribution in [3.8, 4) is 0 Å². The maximum atomic E-state index is 12.1. The minimum atomic E-state index is -0.942. The van der Waals surface area contributed by atoms with E-state index in [2.05, 4.69) is 18.3 Å². The van der Waals surface area contributed by atoms with Crippen molar-refractivity contribution in [2.24, 2.45) is 0 Å². The molecule has 0 saturated heterocycles. The first kappa shape index (κ1) is 13.1. The maximum Gasteiger partial charge on any atom is 0.0622 e. The molecule has 1 aliphatic heterocycles. The lowest BCUT2D eigenvalue weighted by atomic mass is 10.0. The average Bonchev–Trinajstić information content (AvgIpc) is 2.47. The molecule has 0 amide bonds. The fourth-order valence-corrected chi connectivity index (χ4v) is 4.08. The van der Waals surface area contributed by atoms with Crippen LogP contribution in [0, 0.1) is 0 Å². The van der Waals surface area contributed by atoms with Gasteiger partial charge in [0.05, 0.1) is 20.7 Å². The van der Waals surface area contributed by atoms with Crippen molar-refractivity contribution in [1.29, 1.82) is 0 Å². The van der Waals surface area contributed by atoms with E-state index in [1.807, 2.05) is 12.1 Å². The van der Waals surface area contributed by atoms with E-state index in [1.54, 1.807) is 0 Å². The molecule has 1 aliphatic rings. The molecule has 0 aromatic heterocycles. The molecule has 0 bridgehead atoms. The highest BCUT2D eigenvalue weighted by atomic mass is 35.5. The molecule has 1 heterocycles. The molecule has 2 nitrogen and oxygen atoms in total. The van der Waals surface area contributed by atoms with Crippen LogP contribution in [0.3, 0.4) is 0 Å². The summed E-state index contributed by atoms with van der Waals surface area (Å²) < 4.78 is 12.1. The molecule has 2 rings (SSSR count). The van der Waals surface area contributed by atoms with Crippen LogP contribution in [0.4, 0.5) is 0 Å². The van der Waals surface area contributed by atoms with Crippen LogP contribution in [0.15, 0.2) is 23.1 Å². The Kier molecular flexibility index (Phi) is 4.60. The number of benzene rings is 1. The average molecular weight is 272 g/mol. The van der Waals surface area contributed by atoms with E-state index >= 15 is 0 Å². The predicted octanol–water partition coefficient (Wildman–Crippen LogP) is 3.28. The maximum absolute atomic E-state index is 12.1. The lowest BCUT2D eigenvalue weighted by Crippen LogP contribution is -2.22.